The molecule has 3 aromatic carbocycles. The second-order valence-electron chi connectivity index (χ2n) is 8.04. The van der Waals surface area contributed by atoms with Crippen LogP contribution in [-0.2, 0) is 6.54 Å². The molecule has 2 heterocycles. The third-order valence-electron chi connectivity index (χ3n) is 5.91. The van der Waals surface area contributed by atoms with Crippen molar-refractivity contribution >= 4 is 10.9 Å². The highest BCUT2D eigenvalue weighted by Crippen LogP contribution is 2.20. The summed E-state index contributed by atoms with van der Waals surface area (Å²) in [7, 11) is 1.60. The molecule has 8 nitrogen and oxygen atoms in total. The fraction of sp³-hybridized carbons (Fsp3) is 0.154. The molecule has 0 radical (unpaired) electrons. The number of rotatable bonds is 5. The van der Waals surface area contributed by atoms with Crippen LogP contribution in [0.15, 0.2) is 80.8 Å². The van der Waals surface area contributed by atoms with E-state index in [4.69, 9.17) is 9.26 Å². The van der Waals surface area contributed by atoms with Gasteiger partial charge in [-0.1, -0.05) is 23.4 Å². The van der Waals surface area contributed by atoms with E-state index < -0.39 is 5.69 Å². The first kappa shape index (κ1) is 21.4. The first-order chi connectivity index (χ1) is 16.5. The molecule has 0 bridgehead atoms. The standard InChI is InChI=1S/C26H22N4O4/c1-16-8-11-19(14-17(16)2)30-25(31)21-6-4-5-7-22(21)29(26(30)32)15-23-27-24(28-34-23)18-9-12-20(33-3)13-10-18/h4-14H,15H2,1-3H3. The van der Waals surface area contributed by atoms with Crippen molar-refractivity contribution in [2.75, 3.05) is 7.11 Å². The minimum absolute atomic E-state index is 0.0215. The van der Waals surface area contributed by atoms with Gasteiger partial charge in [0.2, 0.25) is 11.7 Å². The molecule has 0 aliphatic heterocycles. The monoisotopic (exact) mass is 454 g/mol. The number of hydrogen-bond donors (Lipinski definition) is 0. The normalized spacial score (nSPS) is 11.1. The van der Waals surface area contributed by atoms with Crippen LogP contribution >= 0.6 is 0 Å². The number of aromatic nitrogens is 4. The second kappa shape index (κ2) is 8.47. The lowest BCUT2D eigenvalue weighted by Gasteiger charge is -2.13. The van der Waals surface area contributed by atoms with Crippen LogP contribution in [0.25, 0.3) is 28.0 Å². The summed E-state index contributed by atoms with van der Waals surface area (Å²) in [6.45, 7) is 3.95. The van der Waals surface area contributed by atoms with Crippen molar-refractivity contribution in [1.29, 1.82) is 0 Å². The highest BCUT2D eigenvalue weighted by molar-refractivity contribution is 5.78. The molecular weight excluding hydrogens is 432 g/mol. The van der Waals surface area contributed by atoms with Gasteiger partial charge in [-0.15, -0.1) is 0 Å². The molecule has 0 amide bonds. The highest BCUT2D eigenvalue weighted by Gasteiger charge is 2.17. The van der Waals surface area contributed by atoms with Gasteiger partial charge in [0.05, 0.1) is 23.7 Å². The van der Waals surface area contributed by atoms with Crippen LogP contribution in [0.5, 0.6) is 5.75 Å². The fourth-order valence-electron chi connectivity index (χ4n) is 3.88. The van der Waals surface area contributed by atoms with Gasteiger partial charge in [0, 0.05) is 5.56 Å². The van der Waals surface area contributed by atoms with Crippen molar-refractivity contribution in [1.82, 2.24) is 19.3 Å². The van der Waals surface area contributed by atoms with Crippen molar-refractivity contribution in [3.05, 3.63) is 105 Å². The topological polar surface area (TPSA) is 92.2 Å². The number of fused-ring (bicyclic) bond motifs is 1. The summed E-state index contributed by atoms with van der Waals surface area (Å²) in [5.41, 5.74) is 3.00. The van der Waals surface area contributed by atoms with Crippen molar-refractivity contribution in [3.63, 3.8) is 0 Å². The van der Waals surface area contributed by atoms with E-state index in [1.807, 2.05) is 50.2 Å². The van der Waals surface area contributed by atoms with E-state index in [0.717, 1.165) is 22.4 Å². The molecule has 0 fully saturated rings. The smallest absolute Gasteiger partial charge is 0.336 e. The fourth-order valence-corrected chi connectivity index (χ4v) is 3.88. The number of aryl methyl sites for hydroxylation is 2. The summed E-state index contributed by atoms with van der Waals surface area (Å²) in [6.07, 6.45) is 0. The van der Waals surface area contributed by atoms with Gasteiger partial charge in [0.25, 0.3) is 5.56 Å². The van der Waals surface area contributed by atoms with E-state index in [1.165, 1.54) is 9.13 Å². The number of nitrogens with zero attached hydrogens (tertiary/aromatic N) is 4. The first-order valence-corrected chi connectivity index (χ1v) is 10.8. The number of ether oxygens (including phenoxy) is 1. The lowest BCUT2D eigenvalue weighted by atomic mass is 10.1. The summed E-state index contributed by atoms with van der Waals surface area (Å²) < 4.78 is 13.3. The Balaban J connectivity index is 1.62. The minimum Gasteiger partial charge on any atom is -0.497 e. The summed E-state index contributed by atoms with van der Waals surface area (Å²) >= 11 is 0. The van der Waals surface area contributed by atoms with Gasteiger partial charge in [-0.2, -0.15) is 4.98 Å². The van der Waals surface area contributed by atoms with Crippen molar-refractivity contribution in [2.24, 2.45) is 0 Å². The zero-order valence-corrected chi connectivity index (χ0v) is 19.0. The molecule has 170 valence electrons. The maximum absolute atomic E-state index is 13.6. The molecule has 2 aromatic heterocycles. The minimum atomic E-state index is -0.476. The lowest BCUT2D eigenvalue weighted by Crippen LogP contribution is -2.39. The average molecular weight is 454 g/mol. The second-order valence-corrected chi connectivity index (χ2v) is 8.04. The molecule has 0 aliphatic carbocycles. The van der Waals surface area contributed by atoms with E-state index in [9.17, 15) is 9.59 Å². The van der Waals surface area contributed by atoms with E-state index in [-0.39, 0.29) is 18.0 Å². The molecule has 5 aromatic rings. The van der Waals surface area contributed by atoms with Gasteiger partial charge in [0.15, 0.2) is 0 Å². The van der Waals surface area contributed by atoms with E-state index in [2.05, 4.69) is 10.1 Å². The van der Waals surface area contributed by atoms with Gasteiger partial charge in [-0.05, 0) is 73.5 Å². The molecule has 8 heteroatoms. The molecule has 0 N–H and O–H groups in total. The largest absolute Gasteiger partial charge is 0.497 e. The van der Waals surface area contributed by atoms with Crippen LogP contribution in [0, 0.1) is 13.8 Å². The third-order valence-corrected chi connectivity index (χ3v) is 5.91. The molecule has 5 rings (SSSR count). The van der Waals surface area contributed by atoms with Crippen LogP contribution in [0.1, 0.15) is 17.0 Å². The Morgan fingerprint density at radius 2 is 1.71 bits per heavy atom. The first-order valence-electron chi connectivity index (χ1n) is 10.8. The molecule has 0 aliphatic rings. The maximum atomic E-state index is 13.6. The van der Waals surface area contributed by atoms with Crippen LogP contribution in [0.4, 0.5) is 0 Å². The number of hydrogen-bond acceptors (Lipinski definition) is 6. The van der Waals surface area contributed by atoms with Crippen LogP contribution in [0.2, 0.25) is 0 Å². The molecule has 0 spiro atoms. The van der Waals surface area contributed by atoms with Crippen molar-refractivity contribution in [2.45, 2.75) is 20.4 Å². The summed E-state index contributed by atoms with van der Waals surface area (Å²) in [4.78, 5) is 31.3. The molecule has 0 saturated carbocycles. The number of methoxy groups -OCH3 is 1. The van der Waals surface area contributed by atoms with Gasteiger partial charge in [-0.3, -0.25) is 9.36 Å². The SMILES string of the molecule is COc1ccc(-c2noc(Cn3c(=O)n(-c4ccc(C)c(C)c4)c(=O)c4ccccc43)n2)cc1. The highest BCUT2D eigenvalue weighted by atomic mass is 16.5. The molecule has 34 heavy (non-hydrogen) atoms. The molecular formula is C26H22N4O4. The van der Waals surface area contributed by atoms with Crippen LogP contribution in [-0.4, -0.2) is 26.4 Å². The zero-order chi connectivity index (χ0) is 23.8. The Morgan fingerprint density at radius 1 is 0.941 bits per heavy atom. The molecule has 0 atom stereocenters. The Bertz CT molecular complexity index is 1630. The van der Waals surface area contributed by atoms with Gasteiger partial charge in [-0.25, -0.2) is 9.36 Å². The number of benzene rings is 3. The molecule has 0 unspecified atom stereocenters. The van der Waals surface area contributed by atoms with Crippen LogP contribution < -0.4 is 16.0 Å². The number of para-hydroxylation sites is 1. The van der Waals surface area contributed by atoms with Gasteiger partial charge in [0.1, 0.15) is 12.3 Å². The summed E-state index contributed by atoms with van der Waals surface area (Å²) in [6, 6.07) is 19.8. The van der Waals surface area contributed by atoms with Crippen molar-refractivity contribution < 1.29 is 9.26 Å². The Hall–Kier alpha value is -4.46. The van der Waals surface area contributed by atoms with Crippen molar-refractivity contribution in [3.8, 4) is 22.8 Å². The summed E-state index contributed by atoms with van der Waals surface area (Å²) in [5, 5.41) is 4.48. The third kappa shape index (κ3) is 3.69. The summed E-state index contributed by atoms with van der Waals surface area (Å²) in [5.74, 6) is 1.37. The van der Waals surface area contributed by atoms with E-state index >= 15 is 0 Å². The average Bonchev–Trinajstić information content (AvgIpc) is 3.33. The van der Waals surface area contributed by atoms with Gasteiger partial charge < -0.3 is 9.26 Å². The van der Waals surface area contributed by atoms with Gasteiger partial charge >= 0.3 is 5.69 Å². The Labute approximate surface area is 194 Å². The van der Waals surface area contributed by atoms with Crippen LogP contribution in [0.3, 0.4) is 0 Å². The predicted octanol–water partition coefficient (Wildman–Crippen LogP) is 3.88. The van der Waals surface area contributed by atoms with E-state index in [1.54, 1.807) is 37.4 Å². The quantitative estimate of drug-likeness (QED) is 0.400. The zero-order valence-electron chi connectivity index (χ0n) is 19.0. The maximum Gasteiger partial charge on any atom is 0.336 e. The Kier molecular flexibility index (Phi) is 5.33. The Morgan fingerprint density at radius 3 is 2.44 bits per heavy atom. The molecule has 0 saturated heterocycles. The van der Waals surface area contributed by atoms with E-state index in [0.29, 0.717) is 22.4 Å². The predicted molar refractivity (Wildman–Crippen MR) is 129 cm³/mol. The lowest BCUT2D eigenvalue weighted by molar-refractivity contribution is 0.370.